The number of likely N-dealkylation sites (tertiary alicyclic amines) is 1. The lowest BCUT2D eigenvalue weighted by atomic mass is 9.96. The number of benzene rings is 1. The number of nitrogens with one attached hydrogen (secondary N) is 1. The van der Waals surface area contributed by atoms with Gasteiger partial charge < -0.3 is 10.2 Å². The second-order valence-electron chi connectivity index (χ2n) is 7.24. The van der Waals surface area contributed by atoms with Gasteiger partial charge in [0.2, 0.25) is 11.8 Å². The number of carbonyl (C=O) groups is 2. The quantitative estimate of drug-likeness (QED) is 0.656. The van der Waals surface area contributed by atoms with Crippen molar-refractivity contribution in [3.8, 4) is 0 Å². The van der Waals surface area contributed by atoms with Gasteiger partial charge in [-0.25, -0.2) is 4.68 Å². The number of aromatic nitrogens is 4. The van der Waals surface area contributed by atoms with Gasteiger partial charge in [-0.1, -0.05) is 23.4 Å². The molecular formula is C21H24N6O2. The van der Waals surface area contributed by atoms with Crippen LogP contribution in [-0.2, 0) is 22.6 Å². The number of amides is 2. The van der Waals surface area contributed by atoms with E-state index in [1.807, 2.05) is 42.5 Å². The van der Waals surface area contributed by atoms with Crippen molar-refractivity contribution in [3.63, 3.8) is 0 Å². The molecule has 8 heteroatoms. The summed E-state index contributed by atoms with van der Waals surface area (Å²) in [4.78, 5) is 30.9. The summed E-state index contributed by atoms with van der Waals surface area (Å²) in [6.45, 7) is 2.08. The summed E-state index contributed by atoms with van der Waals surface area (Å²) in [5, 5.41) is 11.2. The first-order valence-electron chi connectivity index (χ1n) is 9.94. The van der Waals surface area contributed by atoms with Crippen LogP contribution in [0.15, 0.2) is 48.7 Å². The van der Waals surface area contributed by atoms with Crippen LogP contribution in [0.5, 0.6) is 0 Å². The third kappa shape index (κ3) is 4.59. The first-order chi connectivity index (χ1) is 14.2. The van der Waals surface area contributed by atoms with Crippen molar-refractivity contribution in [2.24, 2.45) is 5.92 Å². The first-order valence-corrected chi connectivity index (χ1v) is 9.94. The molecule has 1 aliphatic rings. The first kappa shape index (κ1) is 19.0. The summed E-state index contributed by atoms with van der Waals surface area (Å²) >= 11 is 0. The highest BCUT2D eigenvalue weighted by atomic mass is 16.2. The maximum Gasteiger partial charge on any atom is 0.224 e. The molecule has 2 aromatic heterocycles. The van der Waals surface area contributed by atoms with Gasteiger partial charge in [-0.15, -0.1) is 5.10 Å². The number of nitrogens with zero attached hydrogens (tertiary/aromatic N) is 5. The summed E-state index contributed by atoms with van der Waals surface area (Å²) in [7, 11) is 0. The number of para-hydroxylation sites is 1. The number of piperidine rings is 1. The van der Waals surface area contributed by atoms with E-state index >= 15 is 0 Å². The zero-order valence-electron chi connectivity index (χ0n) is 16.2. The van der Waals surface area contributed by atoms with E-state index in [-0.39, 0.29) is 17.7 Å². The molecule has 1 aliphatic heterocycles. The van der Waals surface area contributed by atoms with E-state index in [1.54, 1.807) is 15.8 Å². The molecule has 29 heavy (non-hydrogen) atoms. The van der Waals surface area contributed by atoms with E-state index in [9.17, 15) is 9.59 Å². The van der Waals surface area contributed by atoms with E-state index in [0.717, 1.165) is 16.7 Å². The van der Waals surface area contributed by atoms with Gasteiger partial charge in [0, 0.05) is 44.4 Å². The largest absolute Gasteiger partial charge is 0.354 e. The molecule has 8 nitrogen and oxygen atoms in total. The van der Waals surface area contributed by atoms with E-state index in [1.165, 1.54) is 0 Å². The van der Waals surface area contributed by atoms with Crippen LogP contribution in [0.1, 0.15) is 18.5 Å². The van der Waals surface area contributed by atoms with Gasteiger partial charge >= 0.3 is 0 Å². The molecule has 1 atom stereocenters. The number of pyridine rings is 1. The van der Waals surface area contributed by atoms with Gasteiger partial charge in [-0.2, -0.15) is 0 Å². The van der Waals surface area contributed by atoms with E-state index in [2.05, 4.69) is 20.6 Å². The molecule has 1 N–H and O–H groups in total. The predicted molar refractivity (Wildman–Crippen MR) is 108 cm³/mol. The fourth-order valence-electron chi connectivity index (χ4n) is 3.65. The standard InChI is InChI=1S/C21H24N6O2/c28-20-9-8-16(15-26(20)13-10-17-5-3-4-11-22-17)21(29)23-12-14-27-19-7-2-1-6-18(19)24-25-27/h1-7,11,16H,8-10,12-15H2,(H,23,29)/t16-/m0/s1. The van der Waals surface area contributed by atoms with Crippen LogP contribution in [0, 0.1) is 5.92 Å². The van der Waals surface area contributed by atoms with Crippen molar-refractivity contribution < 1.29 is 9.59 Å². The number of rotatable bonds is 7. The molecule has 3 heterocycles. The van der Waals surface area contributed by atoms with Crippen molar-refractivity contribution in [1.82, 2.24) is 30.2 Å². The lowest BCUT2D eigenvalue weighted by molar-refractivity contribution is -0.138. The maximum atomic E-state index is 12.6. The number of hydrogen-bond acceptors (Lipinski definition) is 5. The van der Waals surface area contributed by atoms with E-state index in [4.69, 9.17) is 0 Å². The summed E-state index contributed by atoms with van der Waals surface area (Å²) in [6, 6.07) is 13.5. The lowest BCUT2D eigenvalue weighted by Gasteiger charge is -2.32. The molecule has 150 valence electrons. The highest BCUT2D eigenvalue weighted by Gasteiger charge is 2.29. The van der Waals surface area contributed by atoms with Crippen LogP contribution in [0.25, 0.3) is 11.0 Å². The predicted octanol–water partition coefficient (Wildman–Crippen LogP) is 1.42. The minimum absolute atomic E-state index is 0.00948. The highest BCUT2D eigenvalue weighted by Crippen LogP contribution is 2.18. The fourth-order valence-corrected chi connectivity index (χ4v) is 3.65. The van der Waals surface area contributed by atoms with Crippen LogP contribution in [0.3, 0.4) is 0 Å². The Balaban J connectivity index is 1.27. The van der Waals surface area contributed by atoms with Gasteiger partial charge in [-0.05, 0) is 30.7 Å². The van der Waals surface area contributed by atoms with Crippen LogP contribution >= 0.6 is 0 Å². The fraction of sp³-hybridized carbons (Fsp3) is 0.381. The number of fused-ring (bicyclic) bond motifs is 1. The molecule has 0 saturated carbocycles. The Morgan fingerprint density at radius 2 is 2.00 bits per heavy atom. The molecule has 0 radical (unpaired) electrons. The van der Waals surface area contributed by atoms with Crippen LogP contribution in [0.4, 0.5) is 0 Å². The molecule has 1 aromatic carbocycles. The minimum atomic E-state index is -0.177. The molecule has 0 unspecified atom stereocenters. The van der Waals surface area contributed by atoms with Gasteiger partial charge in [0.1, 0.15) is 5.52 Å². The average Bonchev–Trinajstić information content (AvgIpc) is 3.17. The van der Waals surface area contributed by atoms with Crippen molar-refractivity contribution in [2.75, 3.05) is 19.6 Å². The van der Waals surface area contributed by atoms with Gasteiger partial charge in [0.05, 0.1) is 18.0 Å². The molecular weight excluding hydrogens is 368 g/mol. The second kappa shape index (κ2) is 8.81. The molecule has 0 spiro atoms. The third-order valence-electron chi connectivity index (χ3n) is 5.28. The van der Waals surface area contributed by atoms with Crippen molar-refractivity contribution >= 4 is 22.8 Å². The SMILES string of the molecule is O=C(NCCn1nnc2ccccc21)[C@H]1CCC(=O)N(CCc2ccccn2)C1. The average molecular weight is 392 g/mol. The summed E-state index contributed by atoms with van der Waals surface area (Å²) in [5.74, 6) is -0.0762. The Morgan fingerprint density at radius 1 is 1.14 bits per heavy atom. The van der Waals surface area contributed by atoms with E-state index < -0.39 is 0 Å². The Hall–Kier alpha value is -3.29. The van der Waals surface area contributed by atoms with Crippen molar-refractivity contribution in [1.29, 1.82) is 0 Å². The lowest BCUT2D eigenvalue weighted by Crippen LogP contribution is -2.46. The van der Waals surface area contributed by atoms with Crippen LogP contribution in [-0.4, -0.2) is 56.3 Å². The Bertz CT molecular complexity index is 987. The van der Waals surface area contributed by atoms with Crippen LogP contribution in [0.2, 0.25) is 0 Å². The summed E-state index contributed by atoms with van der Waals surface area (Å²) < 4.78 is 1.79. The summed E-state index contributed by atoms with van der Waals surface area (Å²) in [6.07, 6.45) is 3.45. The molecule has 3 aromatic rings. The summed E-state index contributed by atoms with van der Waals surface area (Å²) in [5.41, 5.74) is 2.74. The Kier molecular flexibility index (Phi) is 5.79. The normalized spacial score (nSPS) is 16.9. The van der Waals surface area contributed by atoms with Gasteiger partial charge in [0.25, 0.3) is 0 Å². The molecule has 1 saturated heterocycles. The zero-order chi connectivity index (χ0) is 20.1. The number of carbonyl (C=O) groups excluding carboxylic acids is 2. The van der Waals surface area contributed by atoms with Gasteiger partial charge in [0.15, 0.2) is 0 Å². The Morgan fingerprint density at radius 3 is 2.86 bits per heavy atom. The van der Waals surface area contributed by atoms with Crippen molar-refractivity contribution in [3.05, 3.63) is 54.4 Å². The maximum absolute atomic E-state index is 12.6. The second-order valence-corrected chi connectivity index (χ2v) is 7.24. The van der Waals surface area contributed by atoms with Crippen molar-refractivity contribution in [2.45, 2.75) is 25.8 Å². The van der Waals surface area contributed by atoms with Crippen LogP contribution < -0.4 is 5.32 Å². The Labute approximate surface area is 168 Å². The topological polar surface area (TPSA) is 93.0 Å². The minimum Gasteiger partial charge on any atom is -0.354 e. The molecule has 2 amide bonds. The number of hydrogen-bond donors (Lipinski definition) is 1. The molecule has 1 fully saturated rings. The van der Waals surface area contributed by atoms with Gasteiger partial charge in [-0.3, -0.25) is 14.6 Å². The van der Waals surface area contributed by atoms with E-state index in [0.29, 0.717) is 45.4 Å². The third-order valence-corrected chi connectivity index (χ3v) is 5.28. The molecule has 0 aliphatic carbocycles. The molecule has 0 bridgehead atoms. The molecule has 4 rings (SSSR count). The zero-order valence-corrected chi connectivity index (χ0v) is 16.2. The highest BCUT2D eigenvalue weighted by molar-refractivity contribution is 5.83. The smallest absolute Gasteiger partial charge is 0.224 e. The monoisotopic (exact) mass is 392 g/mol.